The molecule has 9 heteroatoms. The minimum atomic E-state index is -0.428. The lowest BCUT2D eigenvalue weighted by Gasteiger charge is -2.36. The van der Waals surface area contributed by atoms with Crippen molar-refractivity contribution in [2.45, 2.75) is 0 Å². The first-order chi connectivity index (χ1) is 13.4. The summed E-state index contributed by atoms with van der Waals surface area (Å²) < 4.78 is 0.881. The maximum Gasteiger partial charge on any atom is 0.269 e. The molecule has 0 atom stereocenters. The molecular weight excluding hydrogens is 428 g/mol. The van der Waals surface area contributed by atoms with Crippen LogP contribution in [0.2, 0.25) is 0 Å². The second-order valence-electron chi connectivity index (χ2n) is 6.33. The van der Waals surface area contributed by atoms with E-state index in [0.717, 1.165) is 10.2 Å². The molecule has 28 heavy (non-hydrogen) atoms. The molecule has 2 aromatic rings. The van der Waals surface area contributed by atoms with Crippen LogP contribution in [0.5, 0.6) is 0 Å². The number of hydrogen-bond acceptors (Lipinski definition) is 5. The van der Waals surface area contributed by atoms with Crippen LogP contribution in [0.3, 0.4) is 0 Å². The number of piperazine rings is 1. The fourth-order valence-corrected chi connectivity index (χ4v) is 3.23. The second kappa shape index (κ2) is 8.83. The summed E-state index contributed by atoms with van der Waals surface area (Å²) in [6.45, 7) is 2.27. The number of nitrogens with zero attached hydrogens (tertiary/aromatic N) is 3. The van der Waals surface area contributed by atoms with E-state index in [1.54, 1.807) is 41.3 Å². The smallest absolute Gasteiger partial charge is 0.269 e. The van der Waals surface area contributed by atoms with Crippen LogP contribution in [-0.2, 0) is 4.79 Å². The molecule has 0 aliphatic carbocycles. The second-order valence-corrected chi connectivity index (χ2v) is 7.25. The highest BCUT2D eigenvalue weighted by Crippen LogP contribution is 2.20. The molecule has 0 radical (unpaired) electrons. The molecule has 1 fully saturated rings. The molecule has 8 nitrogen and oxygen atoms in total. The number of nitro groups is 1. The van der Waals surface area contributed by atoms with Gasteiger partial charge in [-0.1, -0.05) is 15.9 Å². The third-order valence-electron chi connectivity index (χ3n) is 4.56. The molecule has 2 aromatic carbocycles. The summed E-state index contributed by atoms with van der Waals surface area (Å²) in [4.78, 5) is 38.6. The summed E-state index contributed by atoms with van der Waals surface area (Å²) in [5, 5.41) is 13.4. The molecule has 1 aliphatic heterocycles. The van der Waals surface area contributed by atoms with Gasteiger partial charge in [-0.05, 0) is 36.4 Å². The van der Waals surface area contributed by atoms with Gasteiger partial charge in [0.2, 0.25) is 5.91 Å². The number of anilines is 1. The Hall–Kier alpha value is -2.94. The average Bonchev–Trinajstić information content (AvgIpc) is 2.72. The van der Waals surface area contributed by atoms with Gasteiger partial charge in [-0.2, -0.15) is 0 Å². The first-order valence-electron chi connectivity index (χ1n) is 8.75. The maximum absolute atomic E-state index is 12.4. The van der Waals surface area contributed by atoms with E-state index < -0.39 is 4.92 Å². The summed E-state index contributed by atoms with van der Waals surface area (Å²) >= 11 is 3.31. The fraction of sp³-hybridized carbons (Fsp3) is 0.263. The summed E-state index contributed by atoms with van der Waals surface area (Å²) in [5.74, 6) is -0.417. The quantitative estimate of drug-likeness (QED) is 0.561. The van der Waals surface area contributed by atoms with Crippen molar-refractivity contribution in [1.29, 1.82) is 0 Å². The molecule has 0 unspecified atom stereocenters. The summed E-state index contributed by atoms with van der Waals surface area (Å²) in [6, 6.07) is 13.3. The number of non-ortho nitro benzene ring substituents is 1. The average molecular weight is 447 g/mol. The lowest BCUT2D eigenvalue weighted by atomic mass is 10.2. The van der Waals surface area contributed by atoms with E-state index in [1.807, 2.05) is 0 Å². The molecule has 3 rings (SSSR count). The number of nitro benzene ring substituents is 1. The molecule has 146 valence electrons. The molecule has 1 saturated heterocycles. The Balaban J connectivity index is 1.47. The Labute approximate surface area is 170 Å². The van der Waals surface area contributed by atoms with Gasteiger partial charge < -0.3 is 15.1 Å². The highest BCUT2D eigenvalue weighted by Gasteiger charge is 2.22. The molecular formula is C19H19BrN4O4. The zero-order chi connectivity index (χ0) is 20.1. The zero-order valence-electron chi connectivity index (χ0n) is 15.0. The molecule has 2 amide bonds. The Morgan fingerprint density at radius 2 is 1.61 bits per heavy atom. The van der Waals surface area contributed by atoms with Gasteiger partial charge in [0.15, 0.2) is 0 Å². The highest BCUT2D eigenvalue weighted by molar-refractivity contribution is 9.10. The molecule has 0 aromatic heterocycles. The van der Waals surface area contributed by atoms with Crippen LogP contribution >= 0.6 is 15.9 Å². The van der Waals surface area contributed by atoms with Crippen LogP contribution in [-0.4, -0.2) is 54.4 Å². The van der Waals surface area contributed by atoms with E-state index in [0.29, 0.717) is 31.7 Å². The van der Waals surface area contributed by atoms with Crippen LogP contribution in [0.1, 0.15) is 10.4 Å². The van der Waals surface area contributed by atoms with E-state index in [2.05, 4.69) is 26.1 Å². The lowest BCUT2D eigenvalue weighted by molar-refractivity contribution is -0.384. The van der Waals surface area contributed by atoms with Gasteiger partial charge in [-0.25, -0.2) is 0 Å². The SMILES string of the molecule is O=C(NCC(=O)N1CCN(c2ccc([N+](=O)[O-])cc2)CC1)c1ccc(Br)cc1. The number of hydrogen-bond donors (Lipinski definition) is 1. The number of carbonyl (C=O) groups excluding carboxylic acids is 2. The molecule has 1 heterocycles. The minimum absolute atomic E-state index is 0.0492. The lowest BCUT2D eigenvalue weighted by Crippen LogP contribution is -2.51. The van der Waals surface area contributed by atoms with Crippen molar-refractivity contribution in [3.8, 4) is 0 Å². The van der Waals surface area contributed by atoms with Crippen LogP contribution in [0.25, 0.3) is 0 Å². The topological polar surface area (TPSA) is 95.8 Å². The van der Waals surface area contributed by atoms with Crippen LogP contribution < -0.4 is 10.2 Å². The first-order valence-corrected chi connectivity index (χ1v) is 9.54. The van der Waals surface area contributed by atoms with Gasteiger partial charge in [-0.3, -0.25) is 19.7 Å². The van der Waals surface area contributed by atoms with E-state index in [-0.39, 0.29) is 24.0 Å². The van der Waals surface area contributed by atoms with Gasteiger partial charge >= 0.3 is 0 Å². The Kier molecular flexibility index (Phi) is 6.25. The number of benzene rings is 2. The van der Waals surface area contributed by atoms with E-state index in [4.69, 9.17) is 0 Å². The van der Waals surface area contributed by atoms with Gasteiger partial charge in [0.25, 0.3) is 11.6 Å². The van der Waals surface area contributed by atoms with Gasteiger partial charge in [-0.15, -0.1) is 0 Å². The van der Waals surface area contributed by atoms with Crippen LogP contribution in [0, 0.1) is 10.1 Å². The van der Waals surface area contributed by atoms with Crippen LogP contribution in [0.4, 0.5) is 11.4 Å². The van der Waals surface area contributed by atoms with Crippen molar-refractivity contribution in [3.05, 3.63) is 68.7 Å². The van der Waals surface area contributed by atoms with Crippen molar-refractivity contribution in [2.75, 3.05) is 37.6 Å². The third-order valence-corrected chi connectivity index (χ3v) is 5.09. The predicted molar refractivity (Wildman–Crippen MR) is 108 cm³/mol. The Morgan fingerprint density at radius 1 is 1.00 bits per heavy atom. The van der Waals surface area contributed by atoms with Crippen molar-refractivity contribution >= 4 is 39.1 Å². The van der Waals surface area contributed by atoms with Gasteiger partial charge in [0.1, 0.15) is 0 Å². The fourth-order valence-electron chi connectivity index (χ4n) is 2.97. The largest absolute Gasteiger partial charge is 0.368 e. The number of amides is 2. The van der Waals surface area contributed by atoms with Crippen molar-refractivity contribution in [2.24, 2.45) is 0 Å². The number of nitrogens with one attached hydrogen (secondary N) is 1. The van der Waals surface area contributed by atoms with Crippen molar-refractivity contribution < 1.29 is 14.5 Å². The summed E-state index contributed by atoms with van der Waals surface area (Å²) in [6.07, 6.45) is 0. The van der Waals surface area contributed by atoms with E-state index in [1.165, 1.54) is 12.1 Å². The number of halogens is 1. The van der Waals surface area contributed by atoms with Crippen LogP contribution in [0.15, 0.2) is 53.0 Å². The summed E-state index contributed by atoms with van der Waals surface area (Å²) in [7, 11) is 0. The van der Waals surface area contributed by atoms with Crippen molar-refractivity contribution in [1.82, 2.24) is 10.2 Å². The molecule has 1 aliphatic rings. The third kappa shape index (κ3) is 4.86. The monoisotopic (exact) mass is 446 g/mol. The molecule has 1 N–H and O–H groups in total. The Bertz CT molecular complexity index is 863. The van der Waals surface area contributed by atoms with Crippen molar-refractivity contribution in [3.63, 3.8) is 0 Å². The number of rotatable bonds is 5. The summed E-state index contributed by atoms with van der Waals surface area (Å²) in [5.41, 5.74) is 1.44. The van der Waals surface area contributed by atoms with Gasteiger partial charge in [0.05, 0.1) is 11.5 Å². The molecule has 0 spiro atoms. The zero-order valence-corrected chi connectivity index (χ0v) is 16.6. The maximum atomic E-state index is 12.4. The Morgan fingerprint density at radius 3 is 2.18 bits per heavy atom. The molecule has 0 bridgehead atoms. The normalized spacial score (nSPS) is 13.9. The molecule has 0 saturated carbocycles. The predicted octanol–water partition coefficient (Wildman–Crippen LogP) is 2.44. The standard InChI is InChI=1S/C19H19BrN4O4/c20-15-3-1-14(2-4-15)19(26)21-13-18(25)23-11-9-22(10-12-23)16-5-7-17(8-6-16)24(27)28/h1-8H,9-13H2,(H,21,26). The minimum Gasteiger partial charge on any atom is -0.368 e. The first kappa shape index (κ1) is 19.8. The highest BCUT2D eigenvalue weighted by atomic mass is 79.9. The number of carbonyl (C=O) groups is 2. The van der Waals surface area contributed by atoms with Gasteiger partial charge in [0, 0.05) is 54.0 Å². The van der Waals surface area contributed by atoms with E-state index in [9.17, 15) is 19.7 Å². The van der Waals surface area contributed by atoms with E-state index >= 15 is 0 Å².